The summed E-state index contributed by atoms with van der Waals surface area (Å²) in [6.07, 6.45) is 1.11. The van der Waals surface area contributed by atoms with Crippen LogP contribution >= 0.6 is 0 Å². The molecule has 0 aromatic carbocycles. The van der Waals surface area contributed by atoms with Gasteiger partial charge in [-0.15, -0.1) is 0 Å². The zero-order valence-electron chi connectivity index (χ0n) is 9.38. The first-order valence-corrected chi connectivity index (χ1v) is 4.97. The molecule has 0 aliphatic rings. The number of nitrogens with two attached hydrogens (primary N) is 1. The Hall–Kier alpha value is -0.190. The van der Waals surface area contributed by atoms with Crippen LogP contribution in [0.25, 0.3) is 0 Å². The van der Waals surface area contributed by atoms with E-state index in [9.17, 15) is 4.39 Å². The van der Waals surface area contributed by atoms with E-state index in [0.29, 0.717) is 26.0 Å². The van der Waals surface area contributed by atoms with Crippen LogP contribution in [0.5, 0.6) is 0 Å². The van der Waals surface area contributed by atoms with Crippen molar-refractivity contribution in [2.45, 2.75) is 25.4 Å². The summed E-state index contributed by atoms with van der Waals surface area (Å²) in [4.78, 5) is 0. The Morgan fingerprint density at radius 1 is 1.36 bits per heavy atom. The minimum Gasteiger partial charge on any atom is -0.384 e. The molecule has 86 valence electrons. The van der Waals surface area contributed by atoms with Crippen molar-refractivity contribution in [2.24, 2.45) is 11.7 Å². The number of rotatable bonds is 8. The van der Waals surface area contributed by atoms with Crippen molar-refractivity contribution in [3.8, 4) is 0 Å². The van der Waals surface area contributed by atoms with Gasteiger partial charge in [-0.2, -0.15) is 0 Å². The SMILES string of the molecule is COCC(C)C(F)(CCCN)COC. The third kappa shape index (κ3) is 4.35. The molecule has 3 nitrogen and oxygen atoms in total. The van der Waals surface area contributed by atoms with E-state index in [2.05, 4.69) is 0 Å². The summed E-state index contributed by atoms with van der Waals surface area (Å²) in [5.41, 5.74) is 4.05. The molecule has 0 spiro atoms. The van der Waals surface area contributed by atoms with Crippen molar-refractivity contribution in [1.29, 1.82) is 0 Å². The molecule has 0 aromatic heterocycles. The molecule has 0 fully saturated rings. The lowest BCUT2D eigenvalue weighted by Gasteiger charge is -2.30. The Kier molecular flexibility index (Phi) is 7.05. The number of methoxy groups -OCH3 is 2. The molecule has 4 heteroatoms. The van der Waals surface area contributed by atoms with Crippen molar-refractivity contribution in [1.82, 2.24) is 0 Å². The second-order valence-electron chi connectivity index (χ2n) is 3.72. The van der Waals surface area contributed by atoms with E-state index >= 15 is 0 Å². The van der Waals surface area contributed by atoms with E-state index in [-0.39, 0.29) is 12.5 Å². The molecule has 0 aromatic rings. The van der Waals surface area contributed by atoms with Crippen LogP contribution in [0.1, 0.15) is 19.8 Å². The average molecular weight is 207 g/mol. The van der Waals surface area contributed by atoms with Crippen molar-refractivity contribution in [3.63, 3.8) is 0 Å². The summed E-state index contributed by atoms with van der Waals surface area (Å²) < 4.78 is 24.1. The first kappa shape index (κ1) is 13.8. The number of halogens is 1. The molecular formula is C10H22FNO2. The highest BCUT2D eigenvalue weighted by molar-refractivity contribution is 4.84. The zero-order valence-corrected chi connectivity index (χ0v) is 9.38. The lowest BCUT2D eigenvalue weighted by molar-refractivity contribution is -0.0313. The minimum absolute atomic E-state index is 0.109. The fourth-order valence-electron chi connectivity index (χ4n) is 1.50. The molecule has 0 amide bonds. The van der Waals surface area contributed by atoms with Crippen LogP contribution in [0.15, 0.2) is 0 Å². The van der Waals surface area contributed by atoms with Crippen LogP contribution in [0, 0.1) is 5.92 Å². The highest BCUT2D eigenvalue weighted by atomic mass is 19.1. The van der Waals surface area contributed by atoms with Gasteiger partial charge >= 0.3 is 0 Å². The van der Waals surface area contributed by atoms with Gasteiger partial charge in [0.15, 0.2) is 0 Å². The molecule has 0 aliphatic heterocycles. The van der Waals surface area contributed by atoms with Crippen molar-refractivity contribution < 1.29 is 13.9 Å². The first-order valence-electron chi connectivity index (χ1n) is 4.97. The van der Waals surface area contributed by atoms with Gasteiger partial charge in [0.2, 0.25) is 0 Å². The normalized spacial score (nSPS) is 17.8. The molecule has 14 heavy (non-hydrogen) atoms. The van der Waals surface area contributed by atoms with Crippen LogP contribution < -0.4 is 5.73 Å². The fraction of sp³-hybridized carbons (Fsp3) is 1.00. The quantitative estimate of drug-likeness (QED) is 0.653. The maximum absolute atomic E-state index is 14.3. The Morgan fingerprint density at radius 2 is 2.00 bits per heavy atom. The van der Waals surface area contributed by atoms with Gasteiger partial charge in [-0.05, 0) is 19.4 Å². The van der Waals surface area contributed by atoms with Gasteiger partial charge in [-0.1, -0.05) is 6.92 Å². The van der Waals surface area contributed by atoms with Crippen molar-refractivity contribution in [2.75, 3.05) is 34.0 Å². The lowest BCUT2D eigenvalue weighted by Crippen LogP contribution is -2.39. The Morgan fingerprint density at radius 3 is 2.43 bits per heavy atom. The fourth-order valence-corrected chi connectivity index (χ4v) is 1.50. The Balaban J connectivity index is 4.19. The average Bonchev–Trinajstić information content (AvgIpc) is 2.15. The zero-order chi connectivity index (χ0) is 11.0. The largest absolute Gasteiger partial charge is 0.384 e. The van der Waals surface area contributed by atoms with Crippen LogP contribution in [-0.2, 0) is 9.47 Å². The predicted octanol–water partition coefficient (Wildman–Crippen LogP) is 1.36. The summed E-state index contributed by atoms with van der Waals surface area (Å²) >= 11 is 0. The number of ether oxygens (including phenoxy) is 2. The molecule has 2 unspecified atom stereocenters. The highest BCUT2D eigenvalue weighted by Crippen LogP contribution is 2.28. The Bertz CT molecular complexity index is 146. The van der Waals surface area contributed by atoms with Crippen LogP contribution in [0.4, 0.5) is 4.39 Å². The van der Waals surface area contributed by atoms with E-state index in [1.807, 2.05) is 6.92 Å². The monoisotopic (exact) mass is 207 g/mol. The van der Waals surface area contributed by atoms with Crippen LogP contribution in [0.3, 0.4) is 0 Å². The van der Waals surface area contributed by atoms with Gasteiger partial charge in [0, 0.05) is 20.1 Å². The topological polar surface area (TPSA) is 44.5 Å². The third-order valence-corrected chi connectivity index (χ3v) is 2.48. The van der Waals surface area contributed by atoms with Crippen LogP contribution in [-0.4, -0.2) is 39.6 Å². The number of alkyl halides is 1. The molecule has 0 saturated heterocycles. The van der Waals surface area contributed by atoms with Gasteiger partial charge < -0.3 is 15.2 Å². The summed E-state index contributed by atoms with van der Waals surface area (Å²) in [5.74, 6) is -0.168. The van der Waals surface area contributed by atoms with Gasteiger partial charge in [0.1, 0.15) is 5.67 Å². The van der Waals surface area contributed by atoms with Gasteiger partial charge in [0.05, 0.1) is 13.2 Å². The lowest BCUT2D eigenvalue weighted by atomic mass is 9.87. The van der Waals surface area contributed by atoms with E-state index in [4.69, 9.17) is 15.2 Å². The van der Waals surface area contributed by atoms with Crippen LogP contribution in [0.2, 0.25) is 0 Å². The van der Waals surface area contributed by atoms with Gasteiger partial charge in [-0.25, -0.2) is 4.39 Å². The third-order valence-electron chi connectivity index (χ3n) is 2.48. The molecule has 0 radical (unpaired) electrons. The first-order chi connectivity index (χ1) is 6.60. The van der Waals surface area contributed by atoms with E-state index in [1.165, 1.54) is 7.11 Å². The molecule has 0 aliphatic carbocycles. The van der Waals surface area contributed by atoms with Crippen molar-refractivity contribution >= 4 is 0 Å². The predicted molar refractivity (Wildman–Crippen MR) is 55.0 cm³/mol. The molecule has 2 N–H and O–H groups in total. The molecular weight excluding hydrogens is 185 g/mol. The summed E-state index contributed by atoms with van der Waals surface area (Å²) in [5, 5.41) is 0. The second kappa shape index (κ2) is 7.15. The van der Waals surface area contributed by atoms with Crippen molar-refractivity contribution in [3.05, 3.63) is 0 Å². The van der Waals surface area contributed by atoms with Gasteiger partial charge in [0.25, 0.3) is 0 Å². The molecule has 0 rings (SSSR count). The highest BCUT2D eigenvalue weighted by Gasteiger charge is 2.35. The van der Waals surface area contributed by atoms with E-state index in [1.54, 1.807) is 7.11 Å². The van der Waals surface area contributed by atoms with Gasteiger partial charge in [-0.3, -0.25) is 0 Å². The molecule has 0 saturated carbocycles. The molecule has 0 bridgehead atoms. The summed E-state index contributed by atoms with van der Waals surface area (Å²) in [6.45, 7) is 2.86. The summed E-state index contributed by atoms with van der Waals surface area (Å²) in [7, 11) is 3.09. The standard InChI is InChI=1S/C10H22FNO2/c1-9(7-13-2)10(11,8-14-3)5-4-6-12/h9H,4-8,12H2,1-3H3. The van der Waals surface area contributed by atoms with E-state index < -0.39 is 5.67 Å². The number of hydrogen-bond donors (Lipinski definition) is 1. The summed E-state index contributed by atoms with van der Waals surface area (Å²) in [6, 6.07) is 0. The van der Waals surface area contributed by atoms with E-state index in [0.717, 1.165) is 0 Å². The molecule has 2 atom stereocenters. The maximum atomic E-state index is 14.3. The second-order valence-corrected chi connectivity index (χ2v) is 3.72. The molecule has 0 heterocycles. The maximum Gasteiger partial charge on any atom is 0.139 e. The smallest absolute Gasteiger partial charge is 0.139 e. The minimum atomic E-state index is -1.32. The Labute approximate surface area is 85.8 Å². The number of hydrogen-bond acceptors (Lipinski definition) is 3.